The summed E-state index contributed by atoms with van der Waals surface area (Å²) in [7, 11) is -4.19. The summed E-state index contributed by atoms with van der Waals surface area (Å²) in [6, 6.07) is 27.0. The van der Waals surface area contributed by atoms with Gasteiger partial charge in [-0.25, -0.2) is 8.42 Å². The predicted molar refractivity (Wildman–Crippen MR) is 181 cm³/mol. The molecule has 1 N–H and O–H groups in total. The van der Waals surface area contributed by atoms with Crippen molar-refractivity contribution < 1.29 is 18.0 Å². The topological polar surface area (TPSA) is 86.8 Å². The fourth-order valence-corrected chi connectivity index (χ4v) is 7.00. The Labute approximate surface area is 275 Å². The Morgan fingerprint density at radius 1 is 0.844 bits per heavy atom. The van der Waals surface area contributed by atoms with Crippen molar-refractivity contribution in [2.75, 3.05) is 17.4 Å². The summed E-state index contributed by atoms with van der Waals surface area (Å²) < 4.78 is 29.7. The van der Waals surface area contributed by atoms with E-state index in [9.17, 15) is 18.0 Å². The van der Waals surface area contributed by atoms with Crippen LogP contribution in [-0.4, -0.2) is 44.3 Å². The zero-order valence-electron chi connectivity index (χ0n) is 25.5. The minimum absolute atomic E-state index is 0.0443. The number of halogens is 2. The molecule has 0 unspecified atom stereocenters. The van der Waals surface area contributed by atoms with Crippen LogP contribution in [0.4, 0.5) is 5.69 Å². The van der Waals surface area contributed by atoms with E-state index < -0.39 is 28.5 Å². The molecule has 0 heterocycles. The number of hydrogen-bond donors (Lipinski definition) is 1. The van der Waals surface area contributed by atoms with Crippen LogP contribution in [0.1, 0.15) is 36.1 Å². The van der Waals surface area contributed by atoms with E-state index in [1.807, 2.05) is 56.3 Å². The first-order valence-corrected chi connectivity index (χ1v) is 17.0. The van der Waals surface area contributed by atoms with Crippen molar-refractivity contribution >= 4 is 50.7 Å². The van der Waals surface area contributed by atoms with Gasteiger partial charge in [0.25, 0.3) is 10.0 Å². The summed E-state index contributed by atoms with van der Waals surface area (Å²) >= 11 is 12.7. The van der Waals surface area contributed by atoms with Crippen molar-refractivity contribution in [1.82, 2.24) is 10.2 Å². The zero-order chi connectivity index (χ0) is 32.6. The van der Waals surface area contributed by atoms with Gasteiger partial charge in [-0.05, 0) is 67.3 Å². The first kappa shape index (κ1) is 34.0. The Morgan fingerprint density at radius 2 is 1.51 bits per heavy atom. The van der Waals surface area contributed by atoms with Gasteiger partial charge in [-0.2, -0.15) is 0 Å². The van der Waals surface area contributed by atoms with Gasteiger partial charge in [0, 0.05) is 29.6 Å². The first-order valence-electron chi connectivity index (χ1n) is 14.8. The molecule has 45 heavy (non-hydrogen) atoms. The molecule has 0 saturated heterocycles. The van der Waals surface area contributed by atoms with Gasteiger partial charge in [0.2, 0.25) is 11.8 Å². The monoisotopic (exact) mass is 665 g/mol. The number of hydrogen-bond acceptors (Lipinski definition) is 4. The molecular formula is C35H37Cl2N3O4S. The number of sulfonamides is 1. The number of carbonyl (C=O) groups is 2. The van der Waals surface area contributed by atoms with Crippen LogP contribution in [0.15, 0.2) is 102 Å². The van der Waals surface area contributed by atoms with Crippen molar-refractivity contribution in [3.63, 3.8) is 0 Å². The third kappa shape index (κ3) is 8.45. The number of amides is 2. The highest BCUT2D eigenvalue weighted by Gasteiger charge is 2.35. The normalized spacial score (nSPS) is 11.9. The van der Waals surface area contributed by atoms with E-state index in [4.69, 9.17) is 23.2 Å². The maximum atomic E-state index is 14.6. The molecule has 0 saturated carbocycles. The number of nitrogens with one attached hydrogen (secondary N) is 1. The first-order chi connectivity index (χ1) is 21.5. The Balaban J connectivity index is 1.84. The van der Waals surface area contributed by atoms with Crippen LogP contribution in [0.5, 0.6) is 0 Å². The Hall–Kier alpha value is -3.85. The van der Waals surface area contributed by atoms with Gasteiger partial charge in [0.05, 0.1) is 10.6 Å². The highest BCUT2D eigenvalue weighted by Crippen LogP contribution is 2.29. The summed E-state index contributed by atoms with van der Waals surface area (Å²) in [6.07, 6.45) is 0.754. The molecule has 10 heteroatoms. The van der Waals surface area contributed by atoms with Crippen molar-refractivity contribution in [2.45, 2.75) is 51.1 Å². The van der Waals surface area contributed by atoms with Gasteiger partial charge in [-0.3, -0.25) is 13.9 Å². The molecular weight excluding hydrogens is 629 g/mol. The molecule has 4 aromatic carbocycles. The molecule has 236 valence electrons. The van der Waals surface area contributed by atoms with Crippen molar-refractivity contribution in [3.8, 4) is 0 Å². The van der Waals surface area contributed by atoms with E-state index in [0.717, 1.165) is 21.0 Å². The molecule has 2 amide bonds. The largest absolute Gasteiger partial charge is 0.355 e. The summed E-state index contributed by atoms with van der Waals surface area (Å²) in [5.74, 6) is -0.920. The van der Waals surface area contributed by atoms with E-state index >= 15 is 0 Å². The number of likely N-dealkylation sites (N-methyl/N-ethyl adjacent to an activating group) is 1. The number of anilines is 1. The Bertz CT molecular complexity index is 1730. The number of benzene rings is 4. The molecule has 0 aliphatic heterocycles. The van der Waals surface area contributed by atoms with E-state index in [1.165, 1.54) is 17.0 Å². The van der Waals surface area contributed by atoms with Gasteiger partial charge in [0.1, 0.15) is 12.6 Å². The molecule has 7 nitrogen and oxygen atoms in total. The second kappa shape index (κ2) is 15.4. The van der Waals surface area contributed by atoms with Crippen molar-refractivity contribution in [3.05, 3.63) is 129 Å². The molecule has 1 atom stereocenters. The molecule has 0 bridgehead atoms. The Morgan fingerprint density at radius 3 is 2.16 bits per heavy atom. The molecule has 0 radical (unpaired) electrons. The summed E-state index contributed by atoms with van der Waals surface area (Å²) in [6.45, 7) is 5.37. The SMILES string of the molecule is CCNC(=O)[C@@H](Cc1ccccc1)N(Cc1ccc(Cl)cc1Cl)C(=O)CN(c1ccccc1CC)S(=O)(=O)c1ccc(C)cc1. The average molecular weight is 667 g/mol. The average Bonchev–Trinajstić information content (AvgIpc) is 3.03. The summed E-state index contributed by atoms with van der Waals surface area (Å²) in [5, 5.41) is 3.61. The van der Waals surface area contributed by atoms with E-state index in [-0.39, 0.29) is 23.8 Å². The number of carbonyl (C=O) groups excluding carboxylic acids is 2. The summed E-state index contributed by atoms with van der Waals surface area (Å²) in [5.41, 5.74) is 3.48. The van der Waals surface area contributed by atoms with Crippen LogP contribution in [0.25, 0.3) is 0 Å². The highest BCUT2D eigenvalue weighted by molar-refractivity contribution is 7.92. The lowest BCUT2D eigenvalue weighted by molar-refractivity contribution is -0.140. The van der Waals surface area contributed by atoms with Crippen molar-refractivity contribution in [2.24, 2.45) is 0 Å². The number of para-hydroxylation sites is 1. The van der Waals surface area contributed by atoms with Gasteiger partial charge < -0.3 is 10.2 Å². The molecule has 0 fully saturated rings. The fourth-order valence-electron chi connectivity index (χ4n) is 5.08. The van der Waals surface area contributed by atoms with Crippen LogP contribution in [0.2, 0.25) is 10.0 Å². The smallest absolute Gasteiger partial charge is 0.264 e. The highest BCUT2D eigenvalue weighted by atomic mass is 35.5. The van der Waals surface area contributed by atoms with Crippen LogP contribution < -0.4 is 9.62 Å². The lowest BCUT2D eigenvalue weighted by Crippen LogP contribution is -2.53. The Kier molecular flexibility index (Phi) is 11.7. The van der Waals surface area contributed by atoms with Crippen LogP contribution >= 0.6 is 23.2 Å². The standard InChI is InChI=1S/C35H37Cl2N3O4S/c1-4-27-13-9-10-14-32(27)40(45(43,44)30-19-15-25(3)16-20-30)24-34(41)39(23-28-17-18-29(36)22-31(28)37)33(35(42)38-5-2)21-26-11-7-6-8-12-26/h6-20,22,33H,4-5,21,23-24H2,1-3H3,(H,38,42)/t33-/m1/s1. The van der Waals surface area contributed by atoms with Crippen LogP contribution in [0.3, 0.4) is 0 Å². The molecule has 0 aliphatic carbocycles. The molecule has 0 aliphatic rings. The molecule has 4 aromatic rings. The number of nitrogens with zero attached hydrogens (tertiary/aromatic N) is 2. The zero-order valence-corrected chi connectivity index (χ0v) is 27.9. The fraction of sp³-hybridized carbons (Fsp3) is 0.257. The maximum absolute atomic E-state index is 14.6. The number of aryl methyl sites for hydroxylation is 2. The van der Waals surface area contributed by atoms with E-state index in [2.05, 4.69) is 5.32 Å². The second-order valence-electron chi connectivity index (χ2n) is 10.7. The maximum Gasteiger partial charge on any atom is 0.264 e. The van der Waals surface area contributed by atoms with Crippen LogP contribution in [0, 0.1) is 6.92 Å². The van der Waals surface area contributed by atoms with Crippen LogP contribution in [-0.2, 0) is 39.0 Å². The van der Waals surface area contributed by atoms with Gasteiger partial charge in [-0.15, -0.1) is 0 Å². The molecule has 0 aromatic heterocycles. The minimum Gasteiger partial charge on any atom is -0.355 e. The van der Waals surface area contributed by atoms with Gasteiger partial charge in [-0.1, -0.05) is 102 Å². The predicted octanol–water partition coefficient (Wildman–Crippen LogP) is 6.84. The third-order valence-corrected chi connectivity index (χ3v) is 9.87. The van der Waals surface area contributed by atoms with Gasteiger partial charge in [0.15, 0.2) is 0 Å². The lowest BCUT2D eigenvalue weighted by Gasteiger charge is -2.34. The van der Waals surface area contributed by atoms with Crippen molar-refractivity contribution in [1.29, 1.82) is 0 Å². The van der Waals surface area contributed by atoms with E-state index in [0.29, 0.717) is 34.3 Å². The molecule has 4 rings (SSSR count). The quantitative estimate of drug-likeness (QED) is 0.170. The van der Waals surface area contributed by atoms with E-state index in [1.54, 1.807) is 49.4 Å². The molecule has 0 spiro atoms. The van der Waals surface area contributed by atoms with Gasteiger partial charge >= 0.3 is 0 Å². The minimum atomic E-state index is -4.19. The number of rotatable bonds is 13. The summed E-state index contributed by atoms with van der Waals surface area (Å²) in [4.78, 5) is 29.7. The lowest BCUT2D eigenvalue weighted by atomic mass is 10.0. The third-order valence-electron chi connectivity index (χ3n) is 7.51. The second-order valence-corrected chi connectivity index (χ2v) is 13.4.